The lowest BCUT2D eigenvalue weighted by Gasteiger charge is -2.10. The van der Waals surface area contributed by atoms with Crippen molar-refractivity contribution in [3.8, 4) is 0 Å². The summed E-state index contributed by atoms with van der Waals surface area (Å²) < 4.78 is 5.28. The Kier molecular flexibility index (Phi) is 5.40. The molecule has 1 heterocycles. The van der Waals surface area contributed by atoms with Crippen LogP contribution < -0.4 is 11.1 Å². The zero-order chi connectivity index (χ0) is 12.8. The third-order valence-electron chi connectivity index (χ3n) is 1.89. The number of nitrogens with two attached hydrogens (primary N) is 1. The van der Waals surface area contributed by atoms with Crippen molar-refractivity contribution < 1.29 is 14.3 Å². The summed E-state index contributed by atoms with van der Waals surface area (Å²) in [6.45, 7) is 2.14. The maximum atomic E-state index is 11.5. The van der Waals surface area contributed by atoms with Gasteiger partial charge in [-0.05, 0) is 19.1 Å². The zero-order valence-corrected chi connectivity index (χ0v) is 10.8. The lowest BCUT2D eigenvalue weighted by molar-refractivity contribution is -0.148. The third kappa shape index (κ3) is 4.33. The Hall–Kier alpha value is -1.11. The minimum Gasteiger partial charge on any atom is -0.464 e. The topological polar surface area (TPSA) is 81.4 Å². The Morgan fingerprint density at radius 3 is 2.82 bits per heavy atom. The summed E-state index contributed by atoms with van der Waals surface area (Å²) in [5, 5.41) is 2.54. The van der Waals surface area contributed by atoms with Gasteiger partial charge in [0, 0.05) is 4.88 Å². The molecule has 0 aliphatic carbocycles. The number of thiophene rings is 1. The molecule has 0 saturated carbocycles. The molecular formula is C10H13ClN2O3S. The van der Waals surface area contributed by atoms with Crippen LogP contribution in [0.15, 0.2) is 12.1 Å². The molecule has 0 aromatic carbocycles. The highest BCUT2D eigenvalue weighted by Crippen LogP contribution is 2.20. The number of nitrogens with one attached hydrogen (secondary N) is 1. The van der Waals surface area contributed by atoms with Gasteiger partial charge in [-0.1, -0.05) is 11.6 Å². The average Bonchev–Trinajstić information content (AvgIpc) is 2.71. The highest BCUT2D eigenvalue weighted by molar-refractivity contribution is 7.16. The highest BCUT2D eigenvalue weighted by atomic mass is 35.5. The van der Waals surface area contributed by atoms with Gasteiger partial charge in [0.2, 0.25) is 5.91 Å². The number of esters is 1. The Balaban J connectivity index is 2.41. The van der Waals surface area contributed by atoms with Gasteiger partial charge in [-0.25, -0.2) is 4.79 Å². The smallest absolute Gasteiger partial charge is 0.332 e. The monoisotopic (exact) mass is 276 g/mol. The van der Waals surface area contributed by atoms with E-state index in [0.717, 1.165) is 4.88 Å². The fourth-order valence-corrected chi connectivity index (χ4v) is 2.10. The summed E-state index contributed by atoms with van der Waals surface area (Å²) in [6, 6.07) is 2.24. The maximum Gasteiger partial charge on any atom is 0.332 e. The Labute approximate surface area is 108 Å². The normalized spacial score (nSPS) is 11.9. The largest absolute Gasteiger partial charge is 0.464 e. The molecule has 3 N–H and O–H groups in total. The number of carbonyl (C=O) groups excluding carboxylic acids is 2. The van der Waals surface area contributed by atoms with Gasteiger partial charge in [-0.2, -0.15) is 0 Å². The molecule has 0 saturated heterocycles. The van der Waals surface area contributed by atoms with Crippen LogP contribution >= 0.6 is 22.9 Å². The predicted molar refractivity (Wildman–Crippen MR) is 65.8 cm³/mol. The van der Waals surface area contributed by atoms with Gasteiger partial charge in [0.15, 0.2) is 6.04 Å². The first kappa shape index (κ1) is 14.0. The van der Waals surface area contributed by atoms with E-state index in [2.05, 4.69) is 10.1 Å². The molecule has 17 heavy (non-hydrogen) atoms. The second-order valence-corrected chi connectivity index (χ2v) is 4.95. The molecule has 94 valence electrons. The van der Waals surface area contributed by atoms with Crippen molar-refractivity contribution in [3.05, 3.63) is 21.3 Å². The van der Waals surface area contributed by atoms with Crippen molar-refractivity contribution in [3.63, 3.8) is 0 Å². The van der Waals surface area contributed by atoms with Gasteiger partial charge in [0.25, 0.3) is 0 Å². The van der Waals surface area contributed by atoms with Gasteiger partial charge in [-0.15, -0.1) is 11.3 Å². The Bertz CT molecular complexity index is 408. The molecule has 1 aromatic rings. The van der Waals surface area contributed by atoms with E-state index in [1.807, 2.05) is 0 Å². The number of carbonyl (C=O) groups is 2. The average molecular weight is 277 g/mol. The third-order valence-corrected chi connectivity index (χ3v) is 3.12. The standard InChI is InChI=1S/C10H13ClN2O3S/c1-2-16-10(15)8(12)9(14)13-5-6-3-4-7(11)17-6/h3-4,8H,2,5,12H2,1H3,(H,13,14). The van der Waals surface area contributed by atoms with Crippen LogP contribution in [-0.4, -0.2) is 24.5 Å². The van der Waals surface area contributed by atoms with Crippen LogP contribution in [0.1, 0.15) is 11.8 Å². The van der Waals surface area contributed by atoms with E-state index in [0.29, 0.717) is 10.9 Å². The second kappa shape index (κ2) is 6.58. The summed E-state index contributed by atoms with van der Waals surface area (Å²) >= 11 is 7.09. The van der Waals surface area contributed by atoms with Gasteiger partial charge in [-0.3, -0.25) is 4.79 Å². The molecule has 1 aromatic heterocycles. The van der Waals surface area contributed by atoms with Crippen molar-refractivity contribution in [2.24, 2.45) is 5.73 Å². The van der Waals surface area contributed by atoms with Crippen LogP contribution in [0.2, 0.25) is 4.34 Å². The fourth-order valence-electron chi connectivity index (χ4n) is 1.07. The molecule has 0 radical (unpaired) electrons. The first-order valence-corrected chi connectivity index (χ1v) is 6.18. The van der Waals surface area contributed by atoms with E-state index >= 15 is 0 Å². The molecule has 1 atom stereocenters. The number of hydrogen-bond donors (Lipinski definition) is 2. The molecule has 0 spiro atoms. The number of rotatable bonds is 5. The summed E-state index contributed by atoms with van der Waals surface area (Å²) in [6.07, 6.45) is 0. The summed E-state index contributed by atoms with van der Waals surface area (Å²) in [7, 11) is 0. The SMILES string of the molecule is CCOC(=O)C(N)C(=O)NCc1ccc(Cl)s1. The molecule has 5 nitrogen and oxygen atoms in total. The Morgan fingerprint density at radius 1 is 1.59 bits per heavy atom. The van der Waals surface area contributed by atoms with Crippen molar-refractivity contribution in [1.82, 2.24) is 5.32 Å². The molecule has 1 unspecified atom stereocenters. The van der Waals surface area contributed by atoms with Gasteiger partial charge >= 0.3 is 5.97 Å². The number of ether oxygens (including phenoxy) is 1. The number of halogens is 1. The fraction of sp³-hybridized carbons (Fsp3) is 0.400. The van der Waals surface area contributed by atoms with E-state index in [9.17, 15) is 9.59 Å². The van der Waals surface area contributed by atoms with Gasteiger partial charge < -0.3 is 15.8 Å². The van der Waals surface area contributed by atoms with Crippen molar-refractivity contribution >= 4 is 34.8 Å². The van der Waals surface area contributed by atoms with Crippen molar-refractivity contribution in [1.29, 1.82) is 0 Å². The van der Waals surface area contributed by atoms with Crippen LogP contribution in [0.25, 0.3) is 0 Å². The van der Waals surface area contributed by atoms with Crippen molar-refractivity contribution in [2.45, 2.75) is 19.5 Å². The van der Waals surface area contributed by atoms with E-state index in [1.54, 1.807) is 19.1 Å². The zero-order valence-electron chi connectivity index (χ0n) is 9.23. The predicted octanol–water partition coefficient (Wildman–Crippen LogP) is 0.908. The van der Waals surface area contributed by atoms with Crippen LogP contribution in [0, 0.1) is 0 Å². The summed E-state index contributed by atoms with van der Waals surface area (Å²) in [4.78, 5) is 23.5. The van der Waals surface area contributed by atoms with E-state index in [-0.39, 0.29) is 6.61 Å². The summed E-state index contributed by atoms with van der Waals surface area (Å²) in [5.74, 6) is -1.29. The molecule has 1 amide bonds. The van der Waals surface area contributed by atoms with Crippen LogP contribution in [0.4, 0.5) is 0 Å². The Morgan fingerprint density at radius 2 is 2.29 bits per heavy atom. The second-order valence-electron chi connectivity index (χ2n) is 3.15. The lowest BCUT2D eigenvalue weighted by Crippen LogP contribution is -2.46. The minimum atomic E-state index is -1.29. The van der Waals surface area contributed by atoms with Gasteiger partial charge in [0.05, 0.1) is 17.5 Å². The highest BCUT2D eigenvalue weighted by Gasteiger charge is 2.22. The van der Waals surface area contributed by atoms with Crippen LogP contribution in [-0.2, 0) is 20.9 Å². The molecular weight excluding hydrogens is 264 g/mol. The molecule has 0 aliphatic heterocycles. The first-order valence-electron chi connectivity index (χ1n) is 4.98. The first-order chi connectivity index (χ1) is 8.04. The quantitative estimate of drug-likeness (QED) is 0.619. The number of hydrogen-bond acceptors (Lipinski definition) is 5. The minimum absolute atomic E-state index is 0.195. The maximum absolute atomic E-state index is 11.5. The van der Waals surface area contributed by atoms with Crippen LogP contribution in [0.5, 0.6) is 0 Å². The van der Waals surface area contributed by atoms with Gasteiger partial charge in [0.1, 0.15) is 0 Å². The molecule has 0 fully saturated rings. The molecule has 7 heteroatoms. The molecule has 0 bridgehead atoms. The van der Waals surface area contributed by atoms with Crippen LogP contribution in [0.3, 0.4) is 0 Å². The van der Waals surface area contributed by atoms with E-state index in [1.165, 1.54) is 11.3 Å². The lowest BCUT2D eigenvalue weighted by atomic mass is 10.3. The number of amides is 1. The van der Waals surface area contributed by atoms with E-state index < -0.39 is 17.9 Å². The van der Waals surface area contributed by atoms with E-state index in [4.69, 9.17) is 17.3 Å². The van der Waals surface area contributed by atoms with Crippen molar-refractivity contribution in [2.75, 3.05) is 6.61 Å². The summed E-state index contributed by atoms with van der Waals surface area (Å²) in [5.41, 5.74) is 5.41. The molecule has 0 aliphatic rings. The molecule has 1 rings (SSSR count).